The molecule has 1 amide bonds. The maximum absolute atomic E-state index is 12.0. The summed E-state index contributed by atoms with van der Waals surface area (Å²) < 4.78 is 5.00. The van der Waals surface area contributed by atoms with Crippen LogP contribution < -0.4 is 5.43 Å². The lowest BCUT2D eigenvalue weighted by atomic mass is 9.70. The largest absolute Gasteiger partial charge is 0.452 e. The Morgan fingerprint density at radius 3 is 2.77 bits per heavy atom. The summed E-state index contributed by atoms with van der Waals surface area (Å²) in [5, 5.41) is 13.2. The topological polar surface area (TPSA) is 91.5 Å². The smallest absolute Gasteiger partial charge is 0.338 e. The second-order valence-corrected chi connectivity index (χ2v) is 7.86. The van der Waals surface area contributed by atoms with Gasteiger partial charge in [-0.3, -0.25) is 4.79 Å². The normalized spacial score (nSPS) is 27.2. The van der Waals surface area contributed by atoms with Crippen LogP contribution in [0.1, 0.15) is 56.0 Å². The van der Waals surface area contributed by atoms with E-state index in [1.165, 1.54) is 12.5 Å². The first kappa shape index (κ1) is 18.1. The zero-order valence-electron chi connectivity index (χ0n) is 15.3. The summed E-state index contributed by atoms with van der Waals surface area (Å²) in [7, 11) is 0. The predicted molar refractivity (Wildman–Crippen MR) is 96.2 cm³/mol. The number of rotatable bonds is 4. The number of hydrogen-bond donors (Lipinski definition) is 1. The molecule has 2 unspecified atom stereocenters. The number of nitrogens with zero attached hydrogens (tertiary/aromatic N) is 2. The molecule has 6 nitrogen and oxygen atoms in total. The van der Waals surface area contributed by atoms with E-state index in [4.69, 9.17) is 10.00 Å². The van der Waals surface area contributed by atoms with Crippen molar-refractivity contribution in [2.45, 2.75) is 40.0 Å². The van der Waals surface area contributed by atoms with Crippen molar-refractivity contribution < 1.29 is 14.3 Å². The van der Waals surface area contributed by atoms with Crippen LogP contribution in [0, 0.1) is 28.1 Å². The minimum Gasteiger partial charge on any atom is -0.452 e. The third kappa shape index (κ3) is 2.98. The van der Waals surface area contributed by atoms with E-state index in [1.807, 2.05) is 6.07 Å². The summed E-state index contributed by atoms with van der Waals surface area (Å²) in [6, 6.07) is 8.12. The van der Waals surface area contributed by atoms with Gasteiger partial charge in [-0.25, -0.2) is 10.2 Å². The molecule has 3 rings (SSSR count). The van der Waals surface area contributed by atoms with Crippen LogP contribution in [-0.4, -0.2) is 24.2 Å². The first-order chi connectivity index (χ1) is 12.3. The van der Waals surface area contributed by atoms with Crippen LogP contribution in [0.4, 0.5) is 0 Å². The van der Waals surface area contributed by atoms with E-state index in [2.05, 4.69) is 31.3 Å². The van der Waals surface area contributed by atoms with E-state index >= 15 is 0 Å². The van der Waals surface area contributed by atoms with Crippen LogP contribution in [0.5, 0.6) is 0 Å². The molecule has 1 N–H and O–H groups in total. The molecule has 2 aliphatic rings. The molecule has 2 fully saturated rings. The third-order valence-electron chi connectivity index (χ3n) is 6.39. The molecule has 136 valence electrons. The number of carbonyl (C=O) groups is 2. The summed E-state index contributed by atoms with van der Waals surface area (Å²) in [5.41, 5.74) is 4.36. The van der Waals surface area contributed by atoms with E-state index in [-0.39, 0.29) is 16.4 Å². The Morgan fingerprint density at radius 2 is 2.15 bits per heavy atom. The lowest BCUT2D eigenvalue weighted by Crippen LogP contribution is -2.34. The molecular formula is C20H23N3O3. The molecule has 0 heterocycles. The van der Waals surface area contributed by atoms with Gasteiger partial charge >= 0.3 is 5.97 Å². The Kier molecular flexibility index (Phi) is 4.57. The van der Waals surface area contributed by atoms with Crippen molar-refractivity contribution in [3.8, 4) is 6.07 Å². The number of carbonyl (C=O) groups excluding carboxylic acids is 2. The average molecular weight is 353 g/mol. The average Bonchev–Trinajstić information content (AvgIpc) is 2.97. The number of esters is 1. The summed E-state index contributed by atoms with van der Waals surface area (Å²) in [5.74, 6) is -0.502. The van der Waals surface area contributed by atoms with Crippen molar-refractivity contribution in [1.82, 2.24) is 5.43 Å². The molecule has 2 bridgehead atoms. The van der Waals surface area contributed by atoms with E-state index < -0.39 is 18.5 Å². The van der Waals surface area contributed by atoms with Gasteiger partial charge in [-0.2, -0.15) is 10.4 Å². The number of ether oxygens (including phenoxy) is 1. The molecule has 0 aromatic heterocycles. The van der Waals surface area contributed by atoms with Gasteiger partial charge in [-0.15, -0.1) is 0 Å². The molecule has 0 aliphatic heterocycles. The van der Waals surface area contributed by atoms with Gasteiger partial charge in [0.05, 0.1) is 17.2 Å². The van der Waals surface area contributed by atoms with E-state index in [0.29, 0.717) is 11.5 Å². The van der Waals surface area contributed by atoms with Crippen molar-refractivity contribution in [3.63, 3.8) is 0 Å². The van der Waals surface area contributed by atoms with Crippen LogP contribution in [-0.2, 0) is 9.53 Å². The Hall–Kier alpha value is -2.68. The number of hydrogen-bond acceptors (Lipinski definition) is 5. The number of nitrogens with one attached hydrogen (secondary N) is 1. The molecule has 2 aliphatic carbocycles. The van der Waals surface area contributed by atoms with Gasteiger partial charge in [0.25, 0.3) is 5.91 Å². The van der Waals surface area contributed by atoms with Crippen molar-refractivity contribution >= 4 is 17.6 Å². The van der Waals surface area contributed by atoms with Gasteiger partial charge in [-0.1, -0.05) is 26.8 Å². The Morgan fingerprint density at radius 1 is 1.38 bits per heavy atom. The number of hydrazone groups is 1. The first-order valence-electron chi connectivity index (χ1n) is 8.81. The van der Waals surface area contributed by atoms with Crippen molar-refractivity contribution in [2.75, 3.05) is 6.61 Å². The Balaban J connectivity index is 1.55. The summed E-state index contributed by atoms with van der Waals surface area (Å²) >= 11 is 0. The highest BCUT2D eigenvalue weighted by atomic mass is 16.5. The fourth-order valence-electron chi connectivity index (χ4n) is 4.19. The van der Waals surface area contributed by atoms with Crippen LogP contribution >= 0.6 is 0 Å². The Bertz CT molecular complexity index is 822. The number of fused-ring (bicyclic) bond motifs is 2. The number of amides is 1. The minimum atomic E-state index is -0.641. The molecule has 2 atom stereocenters. The van der Waals surface area contributed by atoms with E-state index in [1.54, 1.807) is 18.2 Å². The lowest BCUT2D eigenvalue weighted by Gasteiger charge is -2.34. The van der Waals surface area contributed by atoms with Crippen LogP contribution in [0.25, 0.3) is 0 Å². The van der Waals surface area contributed by atoms with E-state index in [9.17, 15) is 9.59 Å². The number of benzene rings is 1. The quantitative estimate of drug-likeness (QED) is 0.665. The van der Waals surface area contributed by atoms with Gasteiger partial charge in [0.1, 0.15) is 0 Å². The molecule has 26 heavy (non-hydrogen) atoms. The van der Waals surface area contributed by atoms with Crippen LogP contribution in [0.3, 0.4) is 0 Å². The molecule has 0 saturated heterocycles. The molecule has 1 aromatic carbocycles. The highest BCUT2D eigenvalue weighted by Crippen LogP contribution is 2.63. The van der Waals surface area contributed by atoms with Gasteiger partial charge in [0.15, 0.2) is 6.61 Å². The highest BCUT2D eigenvalue weighted by molar-refractivity contribution is 5.95. The molecule has 1 aromatic rings. The third-order valence-corrected chi connectivity index (χ3v) is 6.39. The van der Waals surface area contributed by atoms with Gasteiger partial charge in [0.2, 0.25) is 0 Å². The molecule has 0 radical (unpaired) electrons. The standard InChI is InChI=1S/C20H23N3O3/c1-19(2)15-7-8-20(19,3)16(10-15)22-23-17(24)12-26-18(25)14-6-4-5-13(9-14)11-21/h4-6,9,15H,7-8,10,12H2,1-3H3,(H,23,24)/b22-16-. The van der Waals surface area contributed by atoms with E-state index in [0.717, 1.165) is 18.6 Å². The van der Waals surface area contributed by atoms with Crippen LogP contribution in [0.15, 0.2) is 29.4 Å². The molecule has 6 heteroatoms. The summed E-state index contributed by atoms with van der Waals surface area (Å²) in [4.78, 5) is 24.0. The second kappa shape index (κ2) is 6.56. The second-order valence-electron chi connectivity index (χ2n) is 7.86. The maximum atomic E-state index is 12.0. The summed E-state index contributed by atoms with van der Waals surface area (Å²) in [6.45, 7) is 6.35. The van der Waals surface area contributed by atoms with Gasteiger partial charge < -0.3 is 4.74 Å². The van der Waals surface area contributed by atoms with Crippen molar-refractivity contribution in [1.29, 1.82) is 5.26 Å². The zero-order valence-corrected chi connectivity index (χ0v) is 15.3. The molecule has 2 saturated carbocycles. The highest BCUT2D eigenvalue weighted by Gasteiger charge is 2.60. The number of nitriles is 1. The fraction of sp³-hybridized carbons (Fsp3) is 0.500. The maximum Gasteiger partial charge on any atom is 0.338 e. The van der Waals surface area contributed by atoms with Crippen LogP contribution in [0.2, 0.25) is 0 Å². The van der Waals surface area contributed by atoms with Gasteiger partial charge in [-0.05, 0) is 48.8 Å². The monoisotopic (exact) mass is 353 g/mol. The van der Waals surface area contributed by atoms with Crippen molar-refractivity contribution in [2.24, 2.45) is 21.8 Å². The fourth-order valence-corrected chi connectivity index (χ4v) is 4.19. The predicted octanol–water partition coefficient (Wildman–Crippen LogP) is 3.03. The Labute approximate surface area is 153 Å². The first-order valence-corrected chi connectivity index (χ1v) is 8.81. The summed E-state index contributed by atoms with van der Waals surface area (Å²) in [6.07, 6.45) is 3.20. The SMILES string of the molecule is CC12CCC(C/C1=N/NC(=O)COC(=O)c1cccc(C#N)c1)C2(C)C. The minimum absolute atomic E-state index is 0.0133. The van der Waals surface area contributed by atoms with Crippen molar-refractivity contribution in [3.05, 3.63) is 35.4 Å². The lowest BCUT2D eigenvalue weighted by molar-refractivity contribution is -0.124. The van der Waals surface area contributed by atoms with Gasteiger partial charge in [0, 0.05) is 11.1 Å². The molecular weight excluding hydrogens is 330 g/mol. The zero-order chi connectivity index (χ0) is 18.9. The molecule has 0 spiro atoms.